The number of hydrogen-bond donors (Lipinski definition) is 1. The minimum atomic E-state index is -0.641. The van der Waals surface area contributed by atoms with Crippen LogP contribution in [0, 0.1) is 13.8 Å². The first-order valence-corrected chi connectivity index (χ1v) is 8.53. The SMILES string of the molecule is Cc1cc(C)n(CCCNC(=O)[C@H](C)Oc2ccc(Cl)cc2Cl)n1. The summed E-state index contributed by atoms with van der Waals surface area (Å²) in [6.07, 6.45) is 0.152. The average Bonchev–Trinajstić information content (AvgIpc) is 2.84. The van der Waals surface area contributed by atoms with E-state index >= 15 is 0 Å². The van der Waals surface area contributed by atoms with Gasteiger partial charge >= 0.3 is 0 Å². The number of nitrogens with zero attached hydrogens (tertiary/aromatic N) is 2. The lowest BCUT2D eigenvalue weighted by molar-refractivity contribution is -0.127. The minimum Gasteiger partial charge on any atom is -0.479 e. The summed E-state index contributed by atoms with van der Waals surface area (Å²) in [6, 6.07) is 6.93. The Balaban J connectivity index is 1.76. The van der Waals surface area contributed by atoms with Crippen LogP contribution < -0.4 is 10.1 Å². The molecule has 1 N–H and O–H groups in total. The molecule has 5 nitrogen and oxygen atoms in total. The Morgan fingerprint density at radius 2 is 2.08 bits per heavy atom. The van der Waals surface area contributed by atoms with Crippen LogP contribution in [0.15, 0.2) is 24.3 Å². The molecule has 0 spiro atoms. The molecular weight excluding hydrogens is 349 g/mol. The monoisotopic (exact) mass is 369 g/mol. The van der Waals surface area contributed by atoms with Crippen LogP contribution in [0.4, 0.5) is 0 Å². The smallest absolute Gasteiger partial charge is 0.260 e. The number of hydrogen-bond acceptors (Lipinski definition) is 3. The van der Waals surface area contributed by atoms with E-state index in [4.69, 9.17) is 27.9 Å². The maximum atomic E-state index is 12.1. The van der Waals surface area contributed by atoms with Gasteiger partial charge in [0.15, 0.2) is 6.10 Å². The predicted molar refractivity (Wildman–Crippen MR) is 95.9 cm³/mol. The number of rotatable bonds is 7. The lowest BCUT2D eigenvalue weighted by Gasteiger charge is -2.16. The van der Waals surface area contributed by atoms with Gasteiger partial charge in [0.05, 0.1) is 10.7 Å². The summed E-state index contributed by atoms with van der Waals surface area (Å²) in [4.78, 5) is 12.1. The molecule has 24 heavy (non-hydrogen) atoms. The van der Waals surface area contributed by atoms with Crippen molar-refractivity contribution < 1.29 is 9.53 Å². The van der Waals surface area contributed by atoms with E-state index in [0.29, 0.717) is 22.3 Å². The first-order chi connectivity index (χ1) is 11.4. The van der Waals surface area contributed by atoms with Crippen molar-refractivity contribution in [2.24, 2.45) is 0 Å². The Labute approximate surface area is 151 Å². The van der Waals surface area contributed by atoms with E-state index in [9.17, 15) is 4.79 Å². The molecule has 7 heteroatoms. The van der Waals surface area contributed by atoms with Gasteiger partial charge in [-0.1, -0.05) is 23.2 Å². The highest BCUT2D eigenvalue weighted by atomic mass is 35.5. The Kier molecular flexibility index (Phi) is 6.52. The van der Waals surface area contributed by atoms with Crippen LogP contribution >= 0.6 is 23.2 Å². The fourth-order valence-corrected chi connectivity index (χ4v) is 2.75. The molecule has 1 heterocycles. The lowest BCUT2D eigenvalue weighted by atomic mass is 10.3. The molecule has 0 aliphatic rings. The van der Waals surface area contributed by atoms with Crippen LogP contribution in [-0.4, -0.2) is 28.3 Å². The first kappa shape index (κ1) is 18.6. The third-order valence-corrected chi connectivity index (χ3v) is 4.05. The third-order valence-electron chi connectivity index (χ3n) is 3.52. The van der Waals surface area contributed by atoms with E-state index < -0.39 is 6.10 Å². The molecule has 1 atom stereocenters. The van der Waals surface area contributed by atoms with Crippen LogP contribution in [-0.2, 0) is 11.3 Å². The molecule has 0 radical (unpaired) electrons. The molecule has 0 saturated heterocycles. The molecule has 0 fully saturated rings. The van der Waals surface area contributed by atoms with Crippen LogP contribution in [0.3, 0.4) is 0 Å². The number of ether oxygens (including phenoxy) is 1. The van der Waals surface area contributed by atoms with Crippen molar-refractivity contribution in [3.63, 3.8) is 0 Å². The number of carbonyl (C=O) groups excluding carboxylic acids is 1. The predicted octanol–water partition coefficient (Wildman–Crippen LogP) is 3.78. The quantitative estimate of drug-likeness (QED) is 0.755. The zero-order chi connectivity index (χ0) is 17.7. The van der Waals surface area contributed by atoms with Crippen LogP contribution in [0.1, 0.15) is 24.7 Å². The van der Waals surface area contributed by atoms with E-state index in [0.717, 1.165) is 24.4 Å². The number of halogens is 2. The van der Waals surface area contributed by atoms with Crippen molar-refractivity contribution in [2.75, 3.05) is 6.54 Å². The lowest BCUT2D eigenvalue weighted by Crippen LogP contribution is -2.37. The minimum absolute atomic E-state index is 0.186. The van der Waals surface area contributed by atoms with Crippen molar-refractivity contribution in [2.45, 2.75) is 39.8 Å². The van der Waals surface area contributed by atoms with Gasteiger partial charge in [-0.2, -0.15) is 5.10 Å². The van der Waals surface area contributed by atoms with E-state index in [1.807, 2.05) is 24.6 Å². The van der Waals surface area contributed by atoms with Gasteiger partial charge in [0.2, 0.25) is 0 Å². The van der Waals surface area contributed by atoms with Gasteiger partial charge in [-0.25, -0.2) is 0 Å². The highest BCUT2D eigenvalue weighted by Crippen LogP contribution is 2.28. The summed E-state index contributed by atoms with van der Waals surface area (Å²) in [5.41, 5.74) is 2.12. The molecule has 0 saturated carbocycles. The van der Waals surface area contributed by atoms with Crippen LogP contribution in [0.5, 0.6) is 5.75 Å². The van der Waals surface area contributed by atoms with Gasteiger partial charge < -0.3 is 10.1 Å². The Morgan fingerprint density at radius 3 is 2.71 bits per heavy atom. The maximum absolute atomic E-state index is 12.1. The second-order valence-electron chi connectivity index (χ2n) is 5.63. The highest BCUT2D eigenvalue weighted by Gasteiger charge is 2.15. The summed E-state index contributed by atoms with van der Waals surface area (Å²) in [7, 11) is 0. The molecule has 0 aliphatic heterocycles. The molecule has 2 aromatic rings. The van der Waals surface area contributed by atoms with Crippen molar-refractivity contribution in [1.82, 2.24) is 15.1 Å². The van der Waals surface area contributed by atoms with Gasteiger partial charge in [0.25, 0.3) is 5.91 Å². The first-order valence-electron chi connectivity index (χ1n) is 7.77. The topological polar surface area (TPSA) is 56.2 Å². The van der Waals surface area contributed by atoms with Crippen LogP contribution in [0.2, 0.25) is 10.0 Å². The molecule has 0 bridgehead atoms. The van der Waals surface area contributed by atoms with E-state index in [2.05, 4.69) is 10.4 Å². The molecule has 2 rings (SSSR count). The zero-order valence-electron chi connectivity index (χ0n) is 14.0. The van der Waals surface area contributed by atoms with Gasteiger partial charge in [-0.3, -0.25) is 9.48 Å². The average molecular weight is 370 g/mol. The Morgan fingerprint density at radius 1 is 1.33 bits per heavy atom. The van der Waals surface area contributed by atoms with Crippen molar-refractivity contribution >= 4 is 29.1 Å². The zero-order valence-corrected chi connectivity index (χ0v) is 15.5. The fourth-order valence-electron chi connectivity index (χ4n) is 2.30. The van der Waals surface area contributed by atoms with Crippen molar-refractivity contribution in [3.05, 3.63) is 45.7 Å². The summed E-state index contributed by atoms with van der Waals surface area (Å²) >= 11 is 11.9. The number of nitrogens with one attached hydrogen (secondary N) is 1. The van der Waals surface area contributed by atoms with Crippen LogP contribution in [0.25, 0.3) is 0 Å². The van der Waals surface area contributed by atoms with Crippen molar-refractivity contribution in [1.29, 1.82) is 0 Å². The van der Waals surface area contributed by atoms with Gasteiger partial charge in [-0.05, 0) is 51.5 Å². The second kappa shape index (κ2) is 8.40. The Hall–Kier alpha value is -1.72. The molecule has 0 unspecified atom stereocenters. The number of benzene rings is 1. The Bertz CT molecular complexity index is 716. The standard InChI is InChI=1S/C17H21Cl2N3O2/c1-11-9-12(2)22(21-11)8-4-7-20-17(23)13(3)24-16-6-5-14(18)10-15(16)19/h5-6,9-10,13H,4,7-8H2,1-3H3,(H,20,23)/t13-/m0/s1. The summed E-state index contributed by atoms with van der Waals surface area (Å²) in [6.45, 7) is 6.98. The number of amides is 1. The number of carbonyl (C=O) groups is 1. The molecular formula is C17H21Cl2N3O2. The van der Waals surface area contributed by atoms with Crippen molar-refractivity contribution in [3.8, 4) is 5.75 Å². The van der Waals surface area contributed by atoms with Gasteiger partial charge in [0, 0.05) is 23.8 Å². The molecule has 0 aliphatic carbocycles. The summed E-state index contributed by atoms with van der Waals surface area (Å²) < 4.78 is 7.52. The summed E-state index contributed by atoms with van der Waals surface area (Å²) in [5, 5.41) is 8.15. The number of aromatic nitrogens is 2. The largest absolute Gasteiger partial charge is 0.479 e. The van der Waals surface area contributed by atoms with Gasteiger partial charge in [-0.15, -0.1) is 0 Å². The third kappa shape index (κ3) is 5.14. The van der Waals surface area contributed by atoms with E-state index in [-0.39, 0.29) is 5.91 Å². The maximum Gasteiger partial charge on any atom is 0.260 e. The highest BCUT2D eigenvalue weighted by molar-refractivity contribution is 6.35. The normalized spacial score (nSPS) is 12.0. The second-order valence-corrected chi connectivity index (χ2v) is 6.47. The molecule has 130 valence electrons. The molecule has 1 aromatic carbocycles. The van der Waals surface area contributed by atoms with E-state index in [1.165, 1.54) is 0 Å². The molecule has 1 amide bonds. The van der Waals surface area contributed by atoms with Gasteiger partial charge in [0.1, 0.15) is 5.75 Å². The summed E-state index contributed by atoms with van der Waals surface area (Å²) in [5.74, 6) is 0.251. The fraction of sp³-hybridized carbons (Fsp3) is 0.412. The number of aryl methyl sites for hydroxylation is 3. The molecule has 1 aromatic heterocycles. The van der Waals surface area contributed by atoms with E-state index in [1.54, 1.807) is 25.1 Å².